The van der Waals surface area contributed by atoms with Crippen molar-refractivity contribution in [1.82, 2.24) is 9.88 Å². The van der Waals surface area contributed by atoms with Crippen LogP contribution in [-0.4, -0.2) is 23.0 Å². The van der Waals surface area contributed by atoms with Gasteiger partial charge in [-0.15, -0.1) is 0 Å². The Bertz CT molecular complexity index is 682. The number of nitrogens with one attached hydrogen (secondary N) is 2. The summed E-state index contributed by atoms with van der Waals surface area (Å²) in [4.78, 5) is 4.54. The van der Waals surface area contributed by atoms with E-state index in [0.717, 1.165) is 30.1 Å². The van der Waals surface area contributed by atoms with E-state index in [1.54, 1.807) is 6.07 Å². The molecule has 2 N–H and O–H groups in total. The molecular formula is C16H18N4. The monoisotopic (exact) mass is 266 g/mol. The van der Waals surface area contributed by atoms with Crippen LogP contribution in [0.25, 0.3) is 5.69 Å². The highest BCUT2D eigenvalue weighted by Crippen LogP contribution is 2.11. The molecule has 0 fully saturated rings. The van der Waals surface area contributed by atoms with Crippen molar-refractivity contribution in [2.45, 2.75) is 19.4 Å². The van der Waals surface area contributed by atoms with Crippen molar-refractivity contribution in [1.29, 1.82) is 5.41 Å². The van der Waals surface area contributed by atoms with Crippen LogP contribution >= 0.6 is 0 Å². The van der Waals surface area contributed by atoms with Crippen LogP contribution in [0.5, 0.6) is 0 Å². The Hall–Kier alpha value is -2.36. The van der Waals surface area contributed by atoms with Gasteiger partial charge in [0.05, 0.1) is 6.54 Å². The fraction of sp³-hybridized carbons (Fsp3) is 0.250. The summed E-state index contributed by atoms with van der Waals surface area (Å²) in [7, 11) is 0. The molecule has 0 saturated heterocycles. The normalized spacial score (nSPS) is 17.6. The van der Waals surface area contributed by atoms with Gasteiger partial charge in [-0.1, -0.05) is 13.0 Å². The van der Waals surface area contributed by atoms with E-state index in [9.17, 15) is 0 Å². The smallest absolute Gasteiger partial charge is 0.129 e. The Balaban J connectivity index is 1.86. The van der Waals surface area contributed by atoms with E-state index in [4.69, 9.17) is 5.41 Å². The number of pyridine rings is 1. The van der Waals surface area contributed by atoms with Crippen LogP contribution < -0.4 is 10.8 Å². The Morgan fingerprint density at radius 1 is 1.25 bits per heavy atom. The maximum Gasteiger partial charge on any atom is 0.129 e. The molecule has 20 heavy (non-hydrogen) atoms. The topological polar surface area (TPSA) is 53.2 Å². The van der Waals surface area contributed by atoms with Gasteiger partial charge in [0.1, 0.15) is 11.3 Å². The van der Waals surface area contributed by atoms with Crippen LogP contribution in [0.2, 0.25) is 0 Å². The standard InChI is InChI=1S/C16H18N4/c1-2-13-11-18-16(19-13)12-6-8-14(9-7-12)20-10-4-3-5-15(20)17/h3-10,13,17H,2,11H2,1H3,(H,18,19). The summed E-state index contributed by atoms with van der Waals surface area (Å²) in [6, 6.07) is 14.2. The molecule has 0 radical (unpaired) electrons. The highest BCUT2D eigenvalue weighted by molar-refractivity contribution is 6.00. The van der Waals surface area contributed by atoms with Crippen LogP contribution in [0.3, 0.4) is 0 Å². The second-order valence-corrected chi connectivity index (χ2v) is 4.94. The third-order valence-electron chi connectivity index (χ3n) is 3.58. The van der Waals surface area contributed by atoms with Crippen LogP contribution in [0.4, 0.5) is 0 Å². The second kappa shape index (κ2) is 5.33. The highest BCUT2D eigenvalue weighted by Gasteiger charge is 2.16. The molecule has 4 nitrogen and oxygen atoms in total. The van der Waals surface area contributed by atoms with Gasteiger partial charge in [0.2, 0.25) is 0 Å². The van der Waals surface area contributed by atoms with Gasteiger partial charge in [-0.2, -0.15) is 0 Å². The number of aromatic nitrogens is 1. The zero-order valence-corrected chi connectivity index (χ0v) is 11.5. The van der Waals surface area contributed by atoms with Gasteiger partial charge in [0.15, 0.2) is 0 Å². The van der Waals surface area contributed by atoms with E-state index >= 15 is 0 Å². The van der Waals surface area contributed by atoms with Crippen molar-refractivity contribution in [3.8, 4) is 5.69 Å². The van der Waals surface area contributed by atoms with Gasteiger partial charge in [0.25, 0.3) is 0 Å². The van der Waals surface area contributed by atoms with Gasteiger partial charge < -0.3 is 9.88 Å². The van der Waals surface area contributed by atoms with Gasteiger partial charge in [-0.05, 0) is 42.8 Å². The van der Waals surface area contributed by atoms with Crippen LogP contribution in [0.1, 0.15) is 18.9 Å². The van der Waals surface area contributed by atoms with E-state index in [-0.39, 0.29) is 0 Å². The SMILES string of the molecule is CCC1CN=C(c2ccc(-n3ccccc3=N)cc2)N1. The van der Waals surface area contributed by atoms with E-state index < -0.39 is 0 Å². The van der Waals surface area contributed by atoms with Crippen molar-refractivity contribution < 1.29 is 0 Å². The van der Waals surface area contributed by atoms with Gasteiger partial charge >= 0.3 is 0 Å². The number of amidine groups is 1. The van der Waals surface area contributed by atoms with E-state index in [1.165, 1.54) is 0 Å². The summed E-state index contributed by atoms with van der Waals surface area (Å²) >= 11 is 0. The average Bonchev–Trinajstić information content (AvgIpc) is 2.97. The van der Waals surface area contributed by atoms with Crippen molar-refractivity contribution >= 4 is 5.84 Å². The Morgan fingerprint density at radius 3 is 2.70 bits per heavy atom. The maximum atomic E-state index is 7.91. The molecule has 1 aliphatic heterocycles. The first-order valence-electron chi connectivity index (χ1n) is 6.92. The maximum absolute atomic E-state index is 7.91. The molecule has 1 aromatic carbocycles. The highest BCUT2D eigenvalue weighted by atomic mass is 15.1. The lowest BCUT2D eigenvalue weighted by Crippen LogP contribution is -2.29. The van der Waals surface area contributed by atoms with Gasteiger partial charge in [-0.3, -0.25) is 10.4 Å². The van der Waals surface area contributed by atoms with Crippen molar-refractivity contribution in [2.24, 2.45) is 4.99 Å². The average molecular weight is 266 g/mol. The summed E-state index contributed by atoms with van der Waals surface area (Å²) in [5.41, 5.74) is 2.57. The number of hydrogen-bond donors (Lipinski definition) is 2. The third kappa shape index (κ3) is 2.37. The molecule has 102 valence electrons. The summed E-state index contributed by atoms with van der Waals surface area (Å²) in [6.07, 6.45) is 2.99. The Morgan fingerprint density at radius 2 is 2.05 bits per heavy atom. The molecule has 3 rings (SSSR count). The van der Waals surface area contributed by atoms with Crippen LogP contribution in [0, 0.1) is 5.41 Å². The lowest BCUT2D eigenvalue weighted by molar-refractivity contribution is 0.636. The molecule has 1 aliphatic rings. The summed E-state index contributed by atoms with van der Waals surface area (Å²) in [5, 5.41) is 11.3. The zero-order chi connectivity index (χ0) is 13.9. The van der Waals surface area contributed by atoms with Crippen molar-refractivity contribution in [3.05, 3.63) is 59.7 Å². The molecule has 0 spiro atoms. The van der Waals surface area contributed by atoms with Crippen molar-refractivity contribution in [3.63, 3.8) is 0 Å². The minimum absolute atomic E-state index is 0.466. The molecule has 1 atom stereocenters. The van der Waals surface area contributed by atoms with Crippen LogP contribution in [0.15, 0.2) is 53.7 Å². The molecule has 0 amide bonds. The predicted molar refractivity (Wildman–Crippen MR) is 80.2 cm³/mol. The molecule has 2 heterocycles. The fourth-order valence-corrected chi connectivity index (χ4v) is 2.34. The number of nitrogens with zero attached hydrogens (tertiary/aromatic N) is 2. The second-order valence-electron chi connectivity index (χ2n) is 4.94. The Kier molecular flexibility index (Phi) is 3.37. The quantitative estimate of drug-likeness (QED) is 0.878. The van der Waals surface area contributed by atoms with Gasteiger partial charge in [0, 0.05) is 23.5 Å². The number of rotatable bonds is 3. The minimum Gasteiger partial charge on any atom is -0.365 e. The first-order chi connectivity index (χ1) is 9.78. The van der Waals surface area contributed by atoms with E-state index in [2.05, 4.69) is 29.4 Å². The molecule has 1 unspecified atom stereocenters. The molecule has 2 aromatic rings. The first-order valence-corrected chi connectivity index (χ1v) is 6.92. The molecule has 4 heteroatoms. The summed E-state index contributed by atoms with van der Waals surface area (Å²) in [5.74, 6) is 0.979. The van der Waals surface area contributed by atoms with E-state index in [0.29, 0.717) is 11.5 Å². The molecule has 1 aromatic heterocycles. The molecule has 0 bridgehead atoms. The fourth-order valence-electron chi connectivity index (χ4n) is 2.34. The minimum atomic E-state index is 0.466. The van der Waals surface area contributed by atoms with Gasteiger partial charge in [-0.25, -0.2) is 0 Å². The lowest BCUT2D eigenvalue weighted by atomic mass is 10.1. The third-order valence-corrected chi connectivity index (χ3v) is 3.58. The Labute approximate surface area is 118 Å². The van der Waals surface area contributed by atoms with Crippen molar-refractivity contribution in [2.75, 3.05) is 6.54 Å². The largest absolute Gasteiger partial charge is 0.365 e. The molecular weight excluding hydrogens is 248 g/mol. The lowest BCUT2D eigenvalue weighted by Gasteiger charge is -2.10. The summed E-state index contributed by atoms with van der Waals surface area (Å²) < 4.78 is 1.85. The molecule has 0 aliphatic carbocycles. The number of aliphatic imine (C=N–C) groups is 1. The summed E-state index contributed by atoms with van der Waals surface area (Å²) in [6.45, 7) is 3.03. The predicted octanol–water partition coefficient (Wildman–Crippen LogP) is 2.09. The first kappa shape index (κ1) is 12.7. The van der Waals surface area contributed by atoms with E-state index in [1.807, 2.05) is 35.0 Å². The number of hydrogen-bond acceptors (Lipinski definition) is 3. The zero-order valence-electron chi connectivity index (χ0n) is 11.5. The van der Waals surface area contributed by atoms with Crippen LogP contribution in [-0.2, 0) is 0 Å². The molecule has 0 saturated carbocycles. The number of benzene rings is 1.